The predicted molar refractivity (Wildman–Crippen MR) is 150 cm³/mol. The number of halogens is 1. The molecule has 0 aliphatic heterocycles. The quantitative estimate of drug-likeness (QED) is 0.128. The Morgan fingerprint density at radius 2 is 1.18 bits per heavy atom. The number of nitroso groups, excluding NO2 is 1. The van der Waals surface area contributed by atoms with Gasteiger partial charge in [0.2, 0.25) is 0 Å². The first-order valence-electron chi connectivity index (χ1n) is 12.6. The van der Waals surface area contributed by atoms with Crippen LogP contribution < -0.4 is 0 Å². The van der Waals surface area contributed by atoms with Gasteiger partial charge in [-0.2, -0.15) is 4.91 Å². The lowest BCUT2D eigenvalue weighted by Crippen LogP contribution is -2.34. The Hall–Kier alpha value is -4.74. The lowest BCUT2D eigenvalue weighted by atomic mass is 9.62. The topological polar surface area (TPSA) is 66.7 Å². The summed E-state index contributed by atoms with van der Waals surface area (Å²) in [6.45, 7) is -0.611. The summed E-state index contributed by atoms with van der Waals surface area (Å²) in [7, 11) is 0. The van der Waals surface area contributed by atoms with E-state index in [-0.39, 0.29) is 17.9 Å². The van der Waals surface area contributed by atoms with E-state index >= 15 is 0 Å². The molecule has 0 aliphatic rings. The molecule has 0 spiro atoms. The van der Waals surface area contributed by atoms with Crippen LogP contribution in [0.1, 0.15) is 49.3 Å². The first-order valence-corrected chi connectivity index (χ1v) is 12.6. The molecule has 192 valence electrons. The van der Waals surface area contributed by atoms with Gasteiger partial charge >= 0.3 is 0 Å². The highest BCUT2D eigenvalue weighted by Crippen LogP contribution is 2.48. The first-order chi connectivity index (χ1) is 19.1. The molecule has 5 rings (SSSR count). The van der Waals surface area contributed by atoms with E-state index in [1.165, 1.54) is 24.3 Å². The smallest absolute Gasteiger partial charge is 0.193 e. The van der Waals surface area contributed by atoms with E-state index in [0.717, 1.165) is 16.7 Å². The average Bonchev–Trinajstić information content (AvgIpc) is 3.00. The van der Waals surface area contributed by atoms with Crippen molar-refractivity contribution >= 4 is 5.78 Å². The Morgan fingerprint density at radius 3 is 1.62 bits per heavy atom. The minimum atomic E-state index is -0.999. The highest BCUT2D eigenvalue weighted by atomic mass is 19.1. The summed E-state index contributed by atoms with van der Waals surface area (Å²) in [6.07, 6.45) is 0. The Kier molecular flexibility index (Phi) is 7.53. The van der Waals surface area contributed by atoms with E-state index in [9.17, 15) is 19.2 Å². The molecule has 0 radical (unpaired) electrons. The van der Waals surface area contributed by atoms with Crippen LogP contribution in [0.2, 0.25) is 0 Å². The number of aliphatic hydroxyl groups is 1. The summed E-state index contributed by atoms with van der Waals surface area (Å²) in [5.41, 5.74) is 3.89. The monoisotopic (exact) mass is 515 g/mol. The molecule has 5 aromatic carbocycles. The molecule has 1 N–H and O–H groups in total. The lowest BCUT2D eigenvalue weighted by molar-refractivity contribution is 0.103. The van der Waals surface area contributed by atoms with Crippen LogP contribution in [-0.2, 0) is 18.6 Å². The summed E-state index contributed by atoms with van der Waals surface area (Å²) in [4.78, 5) is 25.5. The van der Waals surface area contributed by atoms with Gasteiger partial charge in [-0.25, -0.2) is 4.39 Å². The van der Waals surface area contributed by atoms with Gasteiger partial charge in [0.05, 0.1) is 12.0 Å². The summed E-state index contributed by atoms with van der Waals surface area (Å²) < 4.78 is 13.6. The molecule has 5 heteroatoms. The molecule has 0 amide bonds. The van der Waals surface area contributed by atoms with Crippen molar-refractivity contribution < 1.29 is 14.3 Å². The van der Waals surface area contributed by atoms with Crippen molar-refractivity contribution in [3.8, 4) is 0 Å². The van der Waals surface area contributed by atoms with Crippen LogP contribution in [0.4, 0.5) is 4.39 Å². The fourth-order valence-electron chi connectivity index (χ4n) is 5.50. The normalized spacial score (nSPS) is 11.2. The van der Waals surface area contributed by atoms with Gasteiger partial charge in [-0.05, 0) is 57.6 Å². The van der Waals surface area contributed by atoms with E-state index in [1.54, 1.807) is 12.1 Å². The number of nitrogens with zero attached hydrogens (tertiary/aromatic N) is 1. The maximum atomic E-state index is 13.8. The van der Waals surface area contributed by atoms with Crippen LogP contribution in [0, 0.1) is 10.7 Å². The van der Waals surface area contributed by atoms with E-state index in [0.29, 0.717) is 22.3 Å². The number of carbonyl (C=O) groups excluding carboxylic acids is 1. The van der Waals surface area contributed by atoms with Crippen LogP contribution in [0.5, 0.6) is 0 Å². The Bertz CT molecular complexity index is 1490. The number of hydrogen-bond donors (Lipinski definition) is 1. The summed E-state index contributed by atoms with van der Waals surface area (Å²) in [6, 6.07) is 38.2. The zero-order valence-corrected chi connectivity index (χ0v) is 21.1. The zero-order chi connectivity index (χ0) is 27.2. The van der Waals surface area contributed by atoms with Crippen molar-refractivity contribution in [3.63, 3.8) is 0 Å². The summed E-state index contributed by atoms with van der Waals surface area (Å²) in [5, 5.41) is 14.1. The number of ketones is 1. The number of carbonyl (C=O) groups is 1. The van der Waals surface area contributed by atoms with Gasteiger partial charge in [0.1, 0.15) is 12.4 Å². The van der Waals surface area contributed by atoms with Crippen LogP contribution in [0.3, 0.4) is 0 Å². The lowest BCUT2D eigenvalue weighted by Gasteiger charge is -2.39. The van der Waals surface area contributed by atoms with Crippen molar-refractivity contribution in [2.45, 2.75) is 18.6 Å². The molecule has 0 heterocycles. The van der Waals surface area contributed by atoms with E-state index in [4.69, 9.17) is 0 Å². The van der Waals surface area contributed by atoms with Gasteiger partial charge in [0.25, 0.3) is 0 Å². The number of hydrogen-bond acceptors (Lipinski definition) is 4. The van der Waals surface area contributed by atoms with E-state index in [1.807, 2.05) is 91.0 Å². The molecular weight excluding hydrogens is 489 g/mol. The Labute approximate surface area is 226 Å². The predicted octanol–water partition coefficient (Wildman–Crippen LogP) is 7.20. The molecule has 0 unspecified atom stereocenters. The molecule has 0 bridgehead atoms. The molecule has 39 heavy (non-hydrogen) atoms. The van der Waals surface area contributed by atoms with Crippen molar-refractivity contribution in [1.82, 2.24) is 0 Å². The maximum Gasteiger partial charge on any atom is 0.193 e. The Balaban J connectivity index is 1.94. The molecule has 5 aromatic rings. The highest BCUT2D eigenvalue weighted by Gasteiger charge is 2.42. The standard InChI is InChI=1S/C34H26FNO3/c35-29-19-16-24(17-20-29)33(38)30-21-18-25(22-36-39)32(31(30)23-37)34(26-10-4-1-5-11-26,27-12-6-2-7-13-27)28-14-8-3-9-15-28/h1-21,37H,22-23H2. The van der Waals surface area contributed by atoms with Crippen LogP contribution >= 0.6 is 0 Å². The van der Waals surface area contributed by atoms with Crippen molar-refractivity contribution in [1.29, 1.82) is 0 Å². The summed E-state index contributed by atoms with van der Waals surface area (Å²) in [5.74, 6) is -0.799. The number of benzene rings is 5. The third kappa shape index (κ3) is 4.69. The molecule has 0 aliphatic carbocycles. The zero-order valence-electron chi connectivity index (χ0n) is 21.1. The Morgan fingerprint density at radius 1 is 0.692 bits per heavy atom. The van der Waals surface area contributed by atoms with Crippen molar-refractivity contribution in [2.24, 2.45) is 5.18 Å². The molecule has 0 fully saturated rings. The van der Waals surface area contributed by atoms with Crippen LogP contribution in [0.15, 0.2) is 133 Å². The van der Waals surface area contributed by atoms with Crippen molar-refractivity contribution in [3.05, 3.63) is 183 Å². The minimum Gasteiger partial charge on any atom is -0.392 e. The third-order valence-electron chi connectivity index (χ3n) is 7.14. The second-order valence-electron chi connectivity index (χ2n) is 9.26. The second kappa shape index (κ2) is 11.3. The van der Waals surface area contributed by atoms with Gasteiger partial charge in [-0.15, -0.1) is 0 Å². The summed E-state index contributed by atoms with van der Waals surface area (Å²) >= 11 is 0. The van der Waals surface area contributed by atoms with Crippen LogP contribution in [-0.4, -0.2) is 10.9 Å². The molecule has 0 atom stereocenters. The first kappa shape index (κ1) is 25.9. The highest BCUT2D eigenvalue weighted by molar-refractivity contribution is 6.10. The largest absolute Gasteiger partial charge is 0.392 e. The molecule has 0 aromatic heterocycles. The molecular formula is C34H26FNO3. The van der Waals surface area contributed by atoms with Crippen LogP contribution in [0.25, 0.3) is 0 Å². The third-order valence-corrected chi connectivity index (χ3v) is 7.14. The van der Waals surface area contributed by atoms with E-state index < -0.39 is 17.8 Å². The van der Waals surface area contributed by atoms with Gasteiger partial charge in [-0.3, -0.25) is 4.79 Å². The maximum absolute atomic E-state index is 13.8. The van der Waals surface area contributed by atoms with Gasteiger partial charge in [0.15, 0.2) is 5.78 Å². The number of aliphatic hydroxyl groups excluding tert-OH is 1. The van der Waals surface area contributed by atoms with Crippen molar-refractivity contribution in [2.75, 3.05) is 0 Å². The van der Waals surface area contributed by atoms with E-state index in [2.05, 4.69) is 5.18 Å². The fraction of sp³-hybridized carbons (Fsp3) is 0.0882. The second-order valence-corrected chi connectivity index (χ2v) is 9.26. The molecule has 0 saturated heterocycles. The minimum absolute atomic E-state index is 0.151. The number of rotatable bonds is 9. The molecule has 0 saturated carbocycles. The van der Waals surface area contributed by atoms with Gasteiger partial charge in [-0.1, -0.05) is 108 Å². The fourth-order valence-corrected chi connectivity index (χ4v) is 5.50. The SMILES string of the molecule is O=NCc1ccc(C(=O)c2ccc(F)cc2)c(CO)c1C(c1ccccc1)(c1ccccc1)c1ccccc1. The van der Waals surface area contributed by atoms with Gasteiger partial charge < -0.3 is 5.11 Å². The average molecular weight is 516 g/mol. The van der Waals surface area contributed by atoms with Gasteiger partial charge in [0, 0.05) is 11.1 Å². The molecule has 4 nitrogen and oxygen atoms in total.